The van der Waals surface area contributed by atoms with Gasteiger partial charge in [0.2, 0.25) is 5.89 Å². The molecule has 28 heavy (non-hydrogen) atoms. The third kappa shape index (κ3) is 3.44. The lowest BCUT2D eigenvalue weighted by atomic mass is 10.1. The van der Waals surface area contributed by atoms with E-state index in [1.54, 1.807) is 13.0 Å². The summed E-state index contributed by atoms with van der Waals surface area (Å²) in [6, 6.07) is 20.7. The van der Waals surface area contributed by atoms with Crippen molar-refractivity contribution >= 4 is 16.7 Å². The van der Waals surface area contributed by atoms with E-state index in [1.807, 2.05) is 60.7 Å². The normalized spacial score (nSPS) is 11.9. The Morgan fingerprint density at radius 1 is 0.964 bits per heavy atom. The van der Waals surface area contributed by atoms with Gasteiger partial charge < -0.3 is 13.9 Å². The molecule has 0 N–H and O–H groups in total. The van der Waals surface area contributed by atoms with Gasteiger partial charge in [-0.1, -0.05) is 42.5 Å². The summed E-state index contributed by atoms with van der Waals surface area (Å²) in [7, 11) is 1.52. The van der Waals surface area contributed by atoms with Crippen molar-refractivity contribution in [3.63, 3.8) is 0 Å². The maximum atomic E-state index is 12.7. The maximum Gasteiger partial charge on any atom is 0.342 e. The van der Waals surface area contributed by atoms with Gasteiger partial charge in [0.1, 0.15) is 11.3 Å². The number of hydrogen-bond donors (Lipinski definition) is 0. The van der Waals surface area contributed by atoms with Crippen LogP contribution in [0, 0.1) is 0 Å². The molecule has 4 aromatic rings. The fourth-order valence-electron chi connectivity index (χ4n) is 2.92. The average molecular weight is 374 g/mol. The maximum absolute atomic E-state index is 12.7. The molecule has 140 valence electrons. The summed E-state index contributed by atoms with van der Waals surface area (Å²) in [4.78, 5) is 12.7. The second-order valence-corrected chi connectivity index (χ2v) is 6.26. The van der Waals surface area contributed by atoms with Crippen molar-refractivity contribution in [1.29, 1.82) is 0 Å². The second-order valence-electron chi connectivity index (χ2n) is 6.26. The van der Waals surface area contributed by atoms with E-state index >= 15 is 0 Å². The summed E-state index contributed by atoms with van der Waals surface area (Å²) in [6.45, 7) is 1.69. The number of methoxy groups -OCH3 is 1. The Kier molecular flexibility index (Phi) is 4.76. The molecule has 4 rings (SSSR count). The van der Waals surface area contributed by atoms with E-state index in [0.717, 1.165) is 16.3 Å². The Hall–Kier alpha value is -3.67. The quantitative estimate of drug-likeness (QED) is 0.466. The lowest BCUT2D eigenvalue weighted by Gasteiger charge is -2.13. The molecule has 0 saturated heterocycles. The predicted octanol–water partition coefficient (Wildman–Crippen LogP) is 4.82. The first-order valence-corrected chi connectivity index (χ1v) is 8.82. The lowest BCUT2D eigenvalue weighted by Crippen LogP contribution is -2.11. The van der Waals surface area contributed by atoms with Crippen LogP contribution in [0.15, 0.2) is 71.1 Å². The predicted molar refractivity (Wildman–Crippen MR) is 104 cm³/mol. The summed E-state index contributed by atoms with van der Waals surface area (Å²) in [5, 5.41) is 9.94. The third-order valence-electron chi connectivity index (χ3n) is 4.38. The third-order valence-corrected chi connectivity index (χ3v) is 4.38. The van der Waals surface area contributed by atoms with Gasteiger partial charge in [-0.3, -0.25) is 0 Å². The smallest absolute Gasteiger partial charge is 0.342 e. The monoisotopic (exact) mass is 374 g/mol. The summed E-state index contributed by atoms with van der Waals surface area (Å²) in [6.07, 6.45) is -0.700. The van der Waals surface area contributed by atoms with Gasteiger partial charge in [0.25, 0.3) is 5.89 Å². The van der Waals surface area contributed by atoms with Gasteiger partial charge in [-0.2, -0.15) is 0 Å². The zero-order chi connectivity index (χ0) is 19.5. The van der Waals surface area contributed by atoms with Gasteiger partial charge in [-0.25, -0.2) is 4.79 Å². The van der Waals surface area contributed by atoms with Crippen LogP contribution in [0.25, 0.3) is 22.2 Å². The van der Waals surface area contributed by atoms with Crippen LogP contribution in [0.2, 0.25) is 0 Å². The standard InChI is InChI=1S/C22H18N2O4/c1-14(20-23-24-21(28-20)15-8-4-3-5-9-15)27-22(25)18-12-16-10-6-7-11-17(16)13-19(18)26-2/h3-14H,1-2H3. The first-order chi connectivity index (χ1) is 13.7. The van der Waals surface area contributed by atoms with Crippen molar-refractivity contribution < 1.29 is 18.7 Å². The molecule has 1 aromatic heterocycles. The lowest BCUT2D eigenvalue weighted by molar-refractivity contribution is 0.0276. The minimum atomic E-state index is -0.700. The zero-order valence-corrected chi connectivity index (χ0v) is 15.5. The van der Waals surface area contributed by atoms with Crippen LogP contribution < -0.4 is 4.74 Å². The van der Waals surface area contributed by atoms with Crippen molar-refractivity contribution in [1.82, 2.24) is 10.2 Å². The molecule has 1 unspecified atom stereocenters. The van der Waals surface area contributed by atoms with Crippen LogP contribution in [-0.4, -0.2) is 23.3 Å². The van der Waals surface area contributed by atoms with Gasteiger partial charge in [-0.15, -0.1) is 10.2 Å². The molecule has 0 spiro atoms. The number of benzene rings is 3. The van der Waals surface area contributed by atoms with Gasteiger partial charge in [0.05, 0.1) is 7.11 Å². The number of aromatic nitrogens is 2. The van der Waals surface area contributed by atoms with Crippen molar-refractivity contribution in [3.8, 4) is 17.2 Å². The Balaban J connectivity index is 1.57. The first kappa shape index (κ1) is 17.7. The molecule has 0 radical (unpaired) electrons. The van der Waals surface area contributed by atoms with Crippen LogP contribution in [0.5, 0.6) is 5.75 Å². The fraction of sp³-hybridized carbons (Fsp3) is 0.136. The molecular weight excluding hydrogens is 356 g/mol. The Labute approximate surface area is 161 Å². The van der Waals surface area contributed by atoms with E-state index in [2.05, 4.69) is 10.2 Å². The number of nitrogens with zero attached hydrogens (tertiary/aromatic N) is 2. The molecule has 1 atom stereocenters. The number of fused-ring (bicyclic) bond motifs is 1. The topological polar surface area (TPSA) is 74.5 Å². The SMILES string of the molecule is COc1cc2ccccc2cc1C(=O)OC(C)c1nnc(-c2ccccc2)o1. The molecule has 3 aromatic carbocycles. The van der Waals surface area contributed by atoms with Gasteiger partial charge in [-0.05, 0) is 42.0 Å². The summed E-state index contributed by atoms with van der Waals surface area (Å²) >= 11 is 0. The molecule has 0 fully saturated rings. The molecule has 0 amide bonds. The highest BCUT2D eigenvalue weighted by Gasteiger charge is 2.22. The number of carbonyl (C=O) groups is 1. The van der Waals surface area contributed by atoms with Crippen molar-refractivity contribution in [3.05, 3.63) is 78.2 Å². The van der Waals surface area contributed by atoms with Crippen molar-refractivity contribution in [2.75, 3.05) is 7.11 Å². The Morgan fingerprint density at radius 3 is 2.36 bits per heavy atom. The molecule has 6 heteroatoms. The van der Waals surface area contributed by atoms with E-state index in [1.165, 1.54) is 7.11 Å². The zero-order valence-electron chi connectivity index (χ0n) is 15.5. The summed E-state index contributed by atoms with van der Waals surface area (Å²) in [5.41, 5.74) is 1.15. The molecular formula is C22H18N2O4. The first-order valence-electron chi connectivity index (χ1n) is 8.82. The van der Waals surface area contributed by atoms with E-state index in [9.17, 15) is 4.79 Å². The molecule has 1 heterocycles. The number of ether oxygens (including phenoxy) is 2. The average Bonchev–Trinajstić information content (AvgIpc) is 3.24. The number of esters is 1. The minimum absolute atomic E-state index is 0.229. The molecule has 0 aliphatic carbocycles. The summed E-state index contributed by atoms with van der Waals surface area (Å²) in [5.74, 6) is 0.537. The number of hydrogen-bond acceptors (Lipinski definition) is 6. The van der Waals surface area contributed by atoms with Gasteiger partial charge >= 0.3 is 5.97 Å². The van der Waals surface area contributed by atoms with Crippen LogP contribution in [0.1, 0.15) is 29.3 Å². The largest absolute Gasteiger partial charge is 0.496 e. The number of rotatable bonds is 5. The molecule has 0 aliphatic heterocycles. The van der Waals surface area contributed by atoms with Crippen molar-refractivity contribution in [2.45, 2.75) is 13.0 Å². The Bertz CT molecular complexity index is 1120. The highest BCUT2D eigenvalue weighted by atomic mass is 16.6. The molecule has 6 nitrogen and oxygen atoms in total. The second kappa shape index (κ2) is 7.52. The van der Waals surface area contributed by atoms with E-state index in [0.29, 0.717) is 17.2 Å². The van der Waals surface area contributed by atoms with Crippen molar-refractivity contribution in [2.24, 2.45) is 0 Å². The molecule has 0 bridgehead atoms. The highest BCUT2D eigenvalue weighted by molar-refractivity contribution is 5.98. The highest BCUT2D eigenvalue weighted by Crippen LogP contribution is 2.29. The number of carbonyl (C=O) groups excluding carboxylic acids is 1. The van der Waals surface area contributed by atoms with Crippen LogP contribution in [0.4, 0.5) is 0 Å². The molecule has 0 saturated carbocycles. The van der Waals surface area contributed by atoms with E-state index < -0.39 is 12.1 Å². The van der Waals surface area contributed by atoms with E-state index in [-0.39, 0.29) is 5.89 Å². The minimum Gasteiger partial charge on any atom is -0.496 e. The van der Waals surface area contributed by atoms with Crippen LogP contribution in [0.3, 0.4) is 0 Å². The fourth-order valence-corrected chi connectivity index (χ4v) is 2.92. The van der Waals surface area contributed by atoms with Gasteiger partial charge in [0, 0.05) is 5.56 Å². The summed E-state index contributed by atoms with van der Waals surface area (Å²) < 4.78 is 16.6. The van der Waals surface area contributed by atoms with Crippen LogP contribution in [-0.2, 0) is 4.74 Å². The van der Waals surface area contributed by atoms with Crippen LogP contribution >= 0.6 is 0 Å². The molecule has 0 aliphatic rings. The van der Waals surface area contributed by atoms with Gasteiger partial charge in [0.15, 0.2) is 6.10 Å². The Morgan fingerprint density at radius 2 is 1.64 bits per heavy atom. The van der Waals surface area contributed by atoms with E-state index in [4.69, 9.17) is 13.9 Å².